The summed E-state index contributed by atoms with van der Waals surface area (Å²) in [7, 11) is 0. The second kappa shape index (κ2) is 8.70. The Morgan fingerprint density at radius 3 is 2.63 bits per heavy atom. The number of amides is 3. The zero-order valence-electron chi connectivity index (χ0n) is 16.5. The van der Waals surface area contributed by atoms with Crippen molar-refractivity contribution in [3.63, 3.8) is 0 Å². The van der Waals surface area contributed by atoms with Crippen molar-refractivity contribution in [2.24, 2.45) is 5.92 Å². The van der Waals surface area contributed by atoms with Crippen molar-refractivity contribution in [1.29, 1.82) is 0 Å². The van der Waals surface area contributed by atoms with Crippen LogP contribution in [0.2, 0.25) is 5.02 Å². The number of anilines is 2. The summed E-state index contributed by atoms with van der Waals surface area (Å²) in [6, 6.07) is 12.9. The van der Waals surface area contributed by atoms with E-state index in [1.54, 1.807) is 11.0 Å². The first-order chi connectivity index (χ1) is 14.4. The van der Waals surface area contributed by atoms with Crippen molar-refractivity contribution in [3.8, 4) is 0 Å². The molecule has 0 aromatic heterocycles. The molecule has 2 aliphatic heterocycles. The number of thioether (sulfide) groups is 1. The number of hydrogen-bond donors (Lipinski definition) is 2. The van der Waals surface area contributed by atoms with Gasteiger partial charge in [-0.25, -0.2) is 0 Å². The smallest absolute Gasteiger partial charge is 0.247 e. The van der Waals surface area contributed by atoms with E-state index in [9.17, 15) is 14.4 Å². The number of hydrogen-bond acceptors (Lipinski definition) is 4. The molecule has 3 amide bonds. The summed E-state index contributed by atoms with van der Waals surface area (Å²) in [4.78, 5) is 40.5. The average Bonchev–Trinajstić information content (AvgIpc) is 2.75. The molecular formula is C22H22ClN3O3S. The summed E-state index contributed by atoms with van der Waals surface area (Å²) in [6.45, 7) is 2.82. The number of aryl methyl sites for hydroxylation is 1. The number of likely N-dealkylation sites (tertiary alicyclic amines) is 1. The number of benzene rings is 2. The summed E-state index contributed by atoms with van der Waals surface area (Å²) in [5, 5.41) is 5.54. The van der Waals surface area contributed by atoms with Crippen LogP contribution in [0.1, 0.15) is 18.4 Å². The summed E-state index contributed by atoms with van der Waals surface area (Å²) < 4.78 is 0. The Morgan fingerprint density at radius 2 is 1.90 bits per heavy atom. The van der Waals surface area contributed by atoms with Gasteiger partial charge >= 0.3 is 0 Å². The first-order valence-corrected chi connectivity index (χ1v) is 11.1. The number of carbonyl (C=O) groups is 3. The Morgan fingerprint density at radius 1 is 1.17 bits per heavy atom. The van der Waals surface area contributed by atoms with Gasteiger partial charge in [-0.15, -0.1) is 11.8 Å². The number of nitrogens with zero attached hydrogens (tertiary/aromatic N) is 1. The monoisotopic (exact) mass is 443 g/mol. The van der Waals surface area contributed by atoms with Crippen molar-refractivity contribution >= 4 is 52.5 Å². The zero-order chi connectivity index (χ0) is 21.3. The number of para-hydroxylation sites is 1. The van der Waals surface area contributed by atoms with Crippen LogP contribution in [-0.4, -0.2) is 41.0 Å². The molecule has 156 valence electrons. The van der Waals surface area contributed by atoms with Crippen LogP contribution in [0.4, 0.5) is 11.4 Å². The molecule has 1 saturated heterocycles. The third-order valence-corrected chi connectivity index (χ3v) is 7.14. The molecule has 0 saturated carbocycles. The molecule has 0 radical (unpaired) electrons. The van der Waals surface area contributed by atoms with Crippen molar-refractivity contribution in [2.75, 3.05) is 23.7 Å². The van der Waals surface area contributed by atoms with Crippen molar-refractivity contribution in [3.05, 3.63) is 53.1 Å². The van der Waals surface area contributed by atoms with Gasteiger partial charge in [-0.3, -0.25) is 14.4 Å². The van der Waals surface area contributed by atoms with Gasteiger partial charge in [0.05, 0.1) is 5.69 Å². The molecule has 1 atom stereocenters. The van der Waals surface area contributed by atoms with E-state index in [4.69, 9.17) is 11.6 Å². The quantitative estimate of drug-likeness (QED) is 0.704. The molecule has 2 aromatic rings. The van der Waals surface area contributed by atoms with Gasteiger partial charge in [0.1, 0.15) is 0 Å². The van der Waals surface area contributed by atoms with Crippen molar-refractivity contribution in [2.45, 2.75) is 29.9 Å². The van der Waals surface area contributed by atoms with Crippen LogP contribution in [-0.2, 0) is 14.4 Å². The van der Waals surface area contributed by atoms with Gasteiger partial charge in [0.2, 0.25) is 17.7 Å². The van der Waals surface area contributed by atoms with E-state index < -0.39 is 5.25 Å². The molecule has 0 bridgehead atoms. The Balaban J connectivity index is 1.34. The van der Waals surface area contributed by atoms with Crippen LogP contribution >= 0.6 is 23.4 Å². The van der Waals surface area contributed by atoms with Gasteiger partial charge in [-0.2, -0.15) is 0 Å². The number of piperidine rings is 1. The molecule has 2 aromatic carbocycles. The Hall–Kier alpha value is -2.51. The van der Waals surface area contributed by atoms with Gasteiger partial charge in [0.15, 0.2) is 5.25 Å². The summed E-state index contributed by atoms with van der Waals surface area (Å²) in [6.07, 6.45) is 1.12. The fraction of sp³-hybridized carbons (Fsp3) is 0.318. The second-order valence-corrected chi connectivity index (χ2v) is 9.09. The maximum Gasteiger partial charge on any atom is 0.247 e. The Bertz CT molecular complexity index is 1000. The zero-order valence-corrected chi connectivity index (χ0v) is 18.1. The molecule has 8 heteroatoms. The summed E-state index contributed by atoms with van der Waals surface area (Å²) in [5.74, 6) is -0.737. The fourth-order valence-corrected chi connectivity index (χ4v) is 4.91. The highest BCUT2D eigenvalue weighted by Gasteiger charge is 2.37. The molecule has 6 nitrogen and oxygen atoms in total. The minimum atomic E-state index is -0.792. The van der Waals surface area contributed by atoms with Crippen molar-refractivity contribution < 1.29 is 14.4 Å². The molecule has 0 aliphatic carbocycles. The van der Waals surface area contributed by atoms with Crippen LogP contribution in [0.5, 0.6) is 0 Å². The number of fused-ring (bicyclic) bond motifs is 1. The minimum Gasteiger partial charge on any atom is -0.341 e. The van der Waals surface area contributed by atoms with E-state index in [1.165, 1.54) is 11.8 Å². The van der Waals surface area contributed by atoms with Gasteiger partial charge in [0.25, 0.3) is 0 Å². The molecule has 2 aliphatic rings. The number of rotatable bonds is 3. The highest BCUT2D eigenvalue weighted by molar-refractivity contribution is 8.01. The lowest BCUT2D eigenvalue weighted by atomic mass is 9.95. The lowest BCUT2D eigenvalue weighted by molar-refractivity contribution is -0.136. The van der Waals surface area contributed by atoms with E-state index in [1.807, 2.05) is 43.3 Å². The van der Waals surface area contributed by atoms with E-state index in [0.29, 0.717) is 36.6 Å². The molecule has 2 N–H and O–H groups in total. The van der Waals surface area contributed by atoms with Crippen LogP contribution in [0.15, 0.2) is 47.4 Å². The Kier molecular flexibility index (Phi) is 6.01. The second-order valence-electron chi connectivity index (χ2n) is 7.54. The van der Waals surface area contributed by atoms with Crippen LogP contribution in [0, 0.1) is 12.8 Å². The molecule has 0 spiro atoms. The number of halogens is 1. The molecule has 0 unspecified atom stereocenters. The van der Waals surface area contributed by atoms with Gasteiger partial charge < -0.3 is 15.5 Å². The first-order valence-electron chi connectivity index (χ1n) is 9.85. The average molecular weight is 444 g/mol. The first kappa shape index (κ1) is 20.8. The third kappa shape index (κ3) is 4.32. The normalized spacial score (nSPS) is 19.1. The lowest BCUT2D eigenvalue weighted by Crippen LogP contribution is -2.48. The third-order valence-electron chi connectivity index (χ3n) is 5.47. The van der Waals surface area contributed by atoms with E-state index in [0.717, 1.165) is 16.1 Å². The van der Waals surface area contributed by atoms with Crippen LogP contribution in [0.3, 0.4) is 0 Å². The predicted molar refractivity (Wildman–Crippen MR) is 119 cm³/mol. The van der Waals surface area contributed by atoms with Crippen LogP contribution in [0.25, 0.3) is 0 Å². The molecule has 1 fully saturated rings. The minimum absolute atomic E-state index is 0.0688. The van der Waals surface area contributed by atoms with Crippen LogP contribution < -0.4 is 10.6 Å². The Labute approximate surface area is 184 Å². The molecular weight excluding hydrogens is 422 g/mol. The number of nitrogens with one attached hydrogen (secondary N) is 2. The highest BCUT2D eigenvalue weighted by Crippen LogP contribution is 2.36. The maximum absolute atomic E-state index is 12.9. The van der Waals surface area contributed by atoms with Gasteiger partial charge in [-0.05, 0) is 49.6 Å². The van der Waals surface area contributed by atoms with E-state index >= 15 is 0 Å². The predicted octanol–water partition coefficient (Wildman–Crippen LogP) is 3.94. The highest BCUT2D eigenvalue weighted by atomic mass is 35.5. The topological polar surface area (TPSA) is 78.5 Å². The summed E-state index contributed by atoms with van der Waals surface area (Å²) in [5.41, 5.74) is 2.36. The van der Waals surface area contributed by atoms with Crippen molar-refractivity contribution in [1.82, 2.24) is 4.90 Å². The standard InChI is InChI=1S/C22H22ClN3O3S/c1-13-6-7-15(12-16(13)23)24-20(27)14-8-10-26(11-9-14)22(29)19-21(28)25-17-4-2-3-5-18(17)30-19/h2-7,12,14,19H,8-11H2,1H3,(H,24,27)(H,25,28)/t19-/m0/s1. The van der Waals surface area contributed by atoms with Gasteiger partial charge in [0, 0.05) is 34.6 Å². The molecule has 4 rings (SSSR count). The van der Waals surface area contributed by atoms with E-state index in [2.05, 4.69) is 10.6 Å². The summed E-state index contributed by atoms with van der Waals surface area (Å²) >= 11 is 7.41. The van der Waals surface area contributed by atoms with E-state index in [-0.39, 0.29) is 23.6 Å². The number of carbonyl (C=O) groups excluding carboxylic acids is 3. The van der Waals surface area contributed by atoms with Gasteiger partial charge in [-0.1, -0.05) is 29.8 Å². The lowest BCUT2D eigenvalue weighted by Gasteiger charge is -2.34. The maximum atomic E-state index is 12.9. The largest absolute Gasteiger partial charge is 0.341 e. The molecule has 2 heterocycles. The fourth-order valence-electron chi connectivity index (χ4n) is 3.66. The molecule has 30 heavy (non-hydrogen) atoms. The SMILES string of the molecule is Cc1ccc(NC(=O)C2CCN(C(=O)[C@H]3Sc4ccccc4NC3=O)CC2)cc1Cl.